The first-order valence-electron chi connectivity index (χ1n) is 8.25. The number of rotatable bonds is 5. The van der Waals surface area contributed by atoms with Gasteiger partial charge in [-0.2, -0.15) is 0 Å². The first-order chi connectivity index (χ1) is 12.3. The predicted octanol–water partition coefficient (Wildman–Crippen LogP) is 4.38. The number of hydrogen-bond donors (Lipinski definition) is 0. The Bertz CT molecular complexity index is 929. The molecule has 0 aliphatic carbocycles. The monoisotopic (exact) mass is 373 g/mol. The minimum atomic E-state index is 0. The van der Waals surface area contributed by atoms with Gasteiger partial charge < -0.3 is 18.9 Å². The van der Waals surface area contributed by atoms with E-state index in [9.17, 15) is 0 Å². The van der Waals surface area contributed by atoms with Crippen molar-refractivity contribution in [2.45, 2.75) is 13.3 Å². The van der Waals surface area contributed by atoms with Crippen LogP contribution in [0.5, 0.6) is 23.0 Å². The first-order valence-corrected chi connectivity index (χ1v) is 8.25. The van der Waals surface area contributed by atoms with E-state index < -0.39 is 0 Å². The van der Waals surface area contributed by atoms with Gasteiger partial charge in [0, 0.05) is 18.0 Å². The molecule has 1 aliphatic rings. The van der Waals surface area contributed by atoms with Crippen LogP contribution in [0.4, 0.5) is 0 Å². The Balaban J connectivity index is 0.00000196. The molecule has 4 rings (SSSR count). The number of ether oxygens (including phenoxy) is 4. The average Bonchev–Trinajstić information content (AvgIpc) is 3.10. The summed E-state index contributed by atoms with van der Waals surface area (Å²) in [6.07, 6.45) is 2.52. The minimum Gasteiger partial charge on any atom is -0.493 e. The van der Waals surface area contributed by atoms with Gasteiger partial charge in [0.05, 0.1) is 19.4 Å². The molecule has 5 nitrogen and oxygen atoms in total. The van der Waals surface area contributed by atoms with Gasteiger partial charge in [-0.3, -0.25) is 4.98 Å². The van der Waals surface area contributed by atoms with E-state index in [1.165, 1.54) is 0 Å². The Labute approximate surface area is 158 Å². The Morgan fingerprint density at radius 1 is 1.04 bits per heavy atom. The first kappa shape index (κ1) is 18.1. The van der Waals surface area contributed by atoms with Gasteiger partial charge in [-0.15, -0.1) is 12.4 Å². The van der Waals surface area contributed by atoms with Crippen LogP contribution in [0.25, 0.3) is 10.8 Å². The van der Waals surface area contributed by atoms with E-state index in [1.807, 2.05) is 49.5 Å². The van der Waals surface area contributed by atoms with E-state index in [2.05, 4.69) is 4.98 Å². The maximum atomic E-state index is 5.71. The third kappa shape index (κ3) is 3.35. The molecule has 3 aromatic rings. The number of aromatic nitrogens is 1. The number of benzene rings is 2. The lowest BCUT2D eigenvalue weighted by Gasteiger charge is -2.13. The van der Waals surface area contributed by atoms with Gasteiger partial charge in [-0.25, -0.2) is 0 Å². The smallest absolute Gasteiger partial charge is 0.231 e. The van der Waals surface area contributed by atoms with Crippen molar-refractivity contribution in [1.29, 1.82) is 0 Å². The van der Waals surface area contributed by atoms with Crippen molar-refractivity contribution in [2.75, 3.05) is 20.5 Å². The molecule has 0 unspecified atom stereocenters. The highest BCUT2D eigenvalue weighted by atomic mass is 35.5. The Morgan fingerprint density at radius 3 is 2.69 bits per heavy atom. The molecule has 136 valence electrons. The van der Waals surface area contributed by atoms with Gasteiger partial charge in [0.15, 0.2) is 23.0 Å². The number of halogens is 1. The van der Waals surface area contributed by atoms with Crippen LogP contribution in [0.2, 0.25) is 0 Å². The number of pyridine rings is 1. The lowest BCUT2D eigenvalue weighted by atomic mass is 10.0. The number of nitrogens with zero attached hydrogens (tertiary/aromatic N) is 1. The zero-order chi connectivity index (χ0) is 17.2. The van der Waals surface area contributed by atoms with Gasteiger partial charge in [0.2, 0.25) is 6.79 Å². The molecule has 0 bridgehead atoms. The van der Waals surface area contributed by atoms with Gasteiger partial charge in [0.1, 0.15) is 0 Å². The molecule has 6 heteroatoms. The van der Waals surface area contributed by atoms with Gasteiger partial charge in [-0.05, 0) is 48.2 Å². The average molecular weight is 374 g/mol. The molecule has 0 N–H and O–H groups in total. The Kier molecular flexibility index (Phi) is 5.38. The fourth-order valence-corrected chi connectivity index (χ4v) is 3.05. The van der Waals surface area contributed by atoms with Crippen LogP contribution in [0, 0.1) is 0 Å². The van der Waals surface area contributed by atoms with Crippen LogP contribution < -0.4 is 18.9 Å². The van der Waals surface area contributed by atoms with Crippen LogP contribution >= 0.6 is 12.4 Å². The molecule has 0 atom stereocenters. The highest BCUT2D eigenvalue weighted by Gasteiger charge is 2.15. The molecule has 0 amide bonds. The van der Waals surface area contributed by atoms with Crippen LogP contribution in [0.1, 0.15) is 18.2 Å². The number of fused-ring (bicyclic) bond motifs is 2. The molecule has 0 radical (unpaired) electrons. The van der Waals surface area contributed by atoms with E-state index in [0.29, 0.717) is 13.0 Å². The highest BCUT2D eigenvalue weighted by Crippen LogP contribution is 2.36. The summed E-state index contributed by atoms with van der Waals surface area (Å²) in [7, 11) is 1.65. The maximum Gasteiger partial charge on any atom is 0.231 e. The third-order valence-electron chi connectivity index (χ3n) is 4.24. The van der Waals surface area contributed by atoms with Gasteiger partial charge >= 0.3 is 0 Å². The van der Waals surface area contributed by atoms with Crippen LogP contribution in [-0.2, 0) is 6.42 Å². The second-order valence-corrected chi connectivity index (χ2v) is 5.78. The van der Waals surface area contributed by atoms with Crippen molar-refractivity contribution in [3.63, 3.8) is 0 Å². The van der Waals surface area contributed by atoms with Crippen molar-refractivity contribution < 1.29 is 18.9 Å². The Morgan fingerprint density at radius 2 is 1.88 bits per heavy atom. The van der Waals surface area contributed by atoms with E-state index in [4.69, 9.17) is 18.9 Å². The summed E-state index contributed by atoms with van der Waals surface area (Å²) in [5, 5.41) is 2.13. The topological polar surface area (TPSA) is 49.8 Å². The fourth-order valence-electron chi connectivity index (χ4n) is 3.05. The zero-order valence-corrected chi connectivity index (χ0v) is 15.5. The number of methoxy groups -OCH3 is 1. The predicted molar refractivity (Wildman–Crippen MR) is 102 cm³/mol. The molecule has 0 saturated carbocycles. The second-order valence-electron chi connectivity index (χ2n) is 5.78. The lowest BCUT2D eigenvalue weighted by molar-refractivity contribution is 0.174. The van der Waals surface area contributed by atoms with Crippen molar-refractivity contribution in [3.05, 3.63) is 53.9 Å². The minimum absolute atomic E-state index is 0. The van der Waals surface area contributed by atoms with E-state index >= 15 is 0 Å². The molecule has 1 aromatic heterocycles. The largest absolute Gasteiger partial charge is 0.493 e. The van der Waals surface area contributed by atoms with E-state index in [0.717, 1.165) is 45.0 Å². The van der Waals surface area contributed by atoms with Crippen molar-refractivity contribution in [2.24, 2.45) is 0 Å². The molecule has 26 heavy (non-hydrogen) atoms. The summed E-state index contributed by atoms with van der Waals surface area (Å²) in [4.78, 5) is 4.58. The summed E-state index contributed by atoms with van der Waals surface area (Å²) in [6, 6.07) is 12.0. The summed E-state index contributed by atoms with van der Waals surface area (Å²) in [5.74, 6) is 3.04. The second kappa shape index (κ2) is 7.70. The zero-order valence-electron chi connectivity index (χ0n) is 14.7. The van der Waals surface area contributed by atoms with E-state index in [-0.39, 0.29) is 19.2 Å². The van der Waals surface area contributed by atoms with Crippen molar-refractivity contribution >= 4 is 23.2 Å². The van der Waals surface area contributed by atoms with Gasteiger partial charge in [0.25, 0.3) is 0 Å². The molecular weight excluding hydrogens is 354 g/mol. The highest BCUT2D eigenvalue weighted by molar-refractivity contribution is 5.88. The summed E-state index contributed by atoms with van der Waals surface area (Å²) in [6.45, 7) is 2.82. The summed E-state index contributed by atoms with van der Waals surface area (Å²) < 4.78 is 22.0. The molecular formula is C20H20ClNO4. The van der Waals surface area contributed by atoms with Crippen molar-refractivity contribution in [1.82, 2.24) is 4.98 Å². The summed E-state index contributed by atoms with van der Waals surface area (Å²) >= 11 is 0. The van der Waals surface area contributed by atoms with Gasteiger partial charge in [-0.1, -0.05) is 6.07 Å². The van der Waals surface area contributed by atoms with Crippen LogP contribution in [-0.4, -0.2) is 25.5 Å². The maximum absolute atomic E-state index is 5.71. The lowest BCUT2D eigenvalue weighted by Crippen LogP contribution is -1.98. The number of hydrogen-bond acceptors (Lipinski definition) is 5. The fraction of sp³-hybridized carbons (Fsp3) is 0.250. The molecule has 0 saturated heterocycles. The van der Waals surface area contributed by atoms with E-state index in [1.54, 1.807) is 7.11 Å². The molecule has 2 heterocycles. The molecule has 0 fully saturated rings. The third-order valence-corrected chi connectivity index (χ3v) is 4.24. The molecule has 2 aromatic carbocycles. The molecule has 1 aliphatic heterocycles. The Hall–Kier alpha value is -2.66. The molecule has 0 spiro atoms. The standard InChI is InChI=1S/C20H19NO4.ClH/c1-3-23-20-11-15-14(10-18(20)22-2)6-7-21-16(15)8-13-4-5-17-19(9-13)25-12-24-17;/h4-7,9-11H,3,8,12H2,1-2H3;1H. The SMILES string of the molecule is CCOc1cc2c(Cc3ccc4c(c3)OCO4)nccc2cc1OC.Cl. The van der Waals surface area contributed by atoms with Crippen molar-refractivity contribution in [3.8, 4) is 23.0 Å². The quantitative estimate of drug-likeness (QED) is 0.664. The van der Waals surface area contributed by atoms with Crippen LogP contribution in [0.3, 0.4) is 0 Å². The summed E-state index contributed by atoms with van der Waals surface area (Å²) in [5.41, 5.74) is 2.11. The normalized spacial score (nSPS) is 11.9. The van der Waals surface area contributed by atoms with Crippen LogP contribution in [0.15, 0.2) is 42.6 Å².